The van der Waals surface area contributed by atoms with Gasteiger partial charge in [-0.05, 0) is 49.2 Å². The van der Waals surface area contributed by atoms with Crippen LogP contribution in [0.15, 0.2) is 47.4 Å². The van der Waals surface area contributed by atoms with E-state index in [-0.39, 0.29) is 10.6 Å². The van der Waals surface area contributed by atoms with E-state index in [2.05, 4.69) is 9.46 Å². The highest BCUT2D eigenvalue weighted by Crippen LogP contribution is 2.47. The highest BCUT2D eigenvalue weighted by Gasteiger charge is 2.44. The summed E-state index contributed by atoms with van der Waals surface area (Å²) in [4.78, 5) is -0.202. The number of alkyl halides is 3. The van der Waals surface area contributed by atoms with Crippen molar-refractivity contribution in [3.05, 3.63) is 42.5 Å². The molecule has 1 N–H and O–H groups in total. The zero-order valence-electron chi connectivity index (χ0n) is 14.5. The monoisotopic (exact) mass is 415 g/mol. The first kappa shape index (κ1) is 18.7. The fraction of sp³-hybridized carbons (Fsp3) is 0.333. The molecule has 28 heavy (non-hydrogen) atoms. The molecule has 1 heterocycles. The lowest BCUT2D eigenvalue weighted by Gasteiger charge is -2.21. The van der Waals surface area contributed by atoms with Gasteiger partial charge in [0.25, 0.3) is 15.8 Å². The first-order valence-corrected chi connectivity index (χ1v) is 10.0. The van der Waals surface area contributed by atoms with Gasteiger partial charge in [-0.1, -0.05) is 0 Å². The van der Waals surface area contributed by atoms with E-state index in [0.717, 1.165) is 49.9 Å². The van der Waals surface area contributed by atoms with Gasteiger partial charge >= 0.3 is 6.36 Å². The standard InChI is InChI=1S/C18H16F3NO5S/c19-18(20,21)25-13-4-6-14(7-5-13)28(23,24)22-12-3-8-15-16(11-12)27-17(26-15)9-1-2-10-17/h3-8,11,22H,1-2,9-10H2. The van der Waals surface area contributed by atoms with Crippen molar-refractivity contribution < 1.29 is 35.8 Å². The van der Waals surface area contributed by atoms with Crippen LogP contribution >= 0.6 is 0 Å². The van der Waals surface area contributed by atoms with Crippen LogP contribution < -0.4 is 18.9 Å². The van der Waals surface area contributed by atoms with E-state index < -0.39 is 27.9 Å². The first-order chi connectivity index (χ1) is 13.1. The molecule has 1 saturated carbocycles. The summed E-state index contributed by atoms with van der Waals surface area (Å²) in [6, 6.07) is 8.63. The smallest absolute Gasteiger partial charge is 0.448 e. The molecule has 150 valence electrons. The average molecular weight is 415 g/mol. The molecule has 2 aromatic carbocycles. The Morgan fingerprint density at radius 3 is 2.25 bits per heavy atom. The minimum Gasteiger partial charge on any atom is -0.448 e. The average Bonchev–Trinajstić information content (AvgIpc) is 3.19. The second kappa shape index (κ2) is 6.47. The molecule has 0 radical (unpaired) electrons. The molecule has 0 saturated heterocycles. The number of hydrogen-bond donors (Lipinski definition) is 1. The summed E-state index contributed by atoms with van der Waals surface area (Å²) < 4.78 is 79.5. The molecular weight excluding hydrogens is 399 g/mol. The number of fused-ring (bicyclic) bond motifs is 1. The van der Waals surface area contributed by atoms with Crippen LogP contribution in [0.2, 0.25) is 0 Å². The second-order valence-corrected chi connectivity index (χ2v) is 8.29. The molecule has 0 bridgehead atoms. The number of hydrogen-bond acceptors (Lipinski definition) is 5. The molecule has 1 aliphatic heterocycles. The van der Waals surface area contributed by atoms with E-state index >= 15 is 0 Å². The topological polar surface area (TPSA) is 73.9 Å². The van der Waals surface area contributed by atoms with Crippen molar-refractivity contribution in [2.45, 2.75) is 42.7 Å². The largest absolute Gasteiger partial charge is 0.573 e. The van der Waals surface area contributed by atoms with Gasteiger partial charge in [-0.3, -0.25) is 4.72 Å². The molecule has 0 atom stereocenters. The Bertz CT molecular complexity index is 983. The molecule has 2 aromatic rings. The van der Waals surface area contributed by atoms with Gasteiger partial charge in [0, 0.05) is 18.9 Å². The van der Waals surface area contributed by atoms with Gasteiger partial charge in [-0.25, -0.2) is 8.42 Å². The molecule has 10 heteroatoms. The molecule has 4 rings (SSSR count). The molecule has 0 aromatic heterocycles. The lowest BCUT2D eigenvalue weighted by molar-refractivity contribution is -0.274. The number of benzene rings is 2. The minimum atomic E-state index is -4.85. The van der Waals surface area contributed by atoms with Gasteiger partial charge in [-0.15, -0.1) is 13.2 Å². The maximum absolute atomic E-state index is 12.5. The molecule has 1 aliphatic carbocycles. The fourth-order valence-corrected chi connectivity index (χ4v) is 4.36. The summed E-state index contributed by atoms with van der Waals surface area (Å²) >= 11 is 0. The molecule has 0 unspecified atom stereocenters. The van der Waals surface area contributed by atoms with Crippen LogP contribution in [-0.2, 0) is 10.0 Å². The van der Waals surface area contributed by atoms with E-state index in [0.29, 0.717) is 11.5 Å². The summed E-state index contributed by atoms with van der Waals surface area (Å²) in [5.74, 6) is -0.153. The van der Waals surface area contributed by atoms with E-state index in [1.165, 1.54) is 12.1 Å². The highest BCUT2D eigenvalue weighted by molar-refractivity contribution is 7.92. The maximum atomic E-state index is 12.5. The fourth-order valence-electron chi connectivity index (χ4n) is 3.31. The van der Waals surface area contributed by atoms with Crippen molar-refractivity contribution in [2.24, 2.45) is 0 Å². The van der Waals surface area contributed by atoms with Crippen LogP contribution in [0.25, 0.3) is 0 Å². The molecular formula is C18H16F3NO5S. The third kappa shape index (κ3) is 3.82. The van der Waals surface area contributed by atoms with Crippen molar-refractivity contribution in [2.75, 3.05) is 4.72 Å². The summed E-state index contributed by atoms with van der Waals surface area (Å²) in [6.45, 7) is 0. The van der Waals surface area contributed by atoms with E-state index in [1.807, 2.05) is 0 Å². The SMILES string of the molecule is O=S(=O)(Nc1ccc2c(c1)OC1(CCCC1)O2)c1ccc(OC(F)(F)F)cc1. The molecule has 6 nitrogen and oxygen atoms in total. The third-order valence-corrected chi connectivity index (χ3v) is 5.92. The van der Waals surface area contributed by atoms with E-state index in [1.54, 1.807) is 6.07 Å². The predicted molar refractivity (Wildman–Crippen MR) is 92.8 cm³/mol. The van der Waals surface area contributed by atoms with Gasteiger partial charge < -0.3 is 14.2 Å². The number of ether oxygens (including phenoxy) is 3. The Morgan fingerprint density at radius 1 is 0.964 bits per heavy atom. The quantitative estimate of drug-likeness (QED) is 0.800. The van der Waals surface area contributed by atoms with Gasteiger partial charge in [0.2, 0.25) is 0 Å². The lowest BCUT2D eigenvalue weighted by atomic mass is 10.2. The molecule has 1 spiro atoms. The molecule has 1 fully saturated rings. The van der Waals surface area contributed by atoms with E-state index in [4.69, 9.17) is 9.47 Å². The highest BCUT2D eigenvalue weighted by atomic mass is 32.2. The Morgan fingerprint density at radius 2 is 1.61 bits per heavy atom. The van der Waals surface area contributed by atoms with Crippen molar-refractivity contribution >= 4 is 15.7 Å². The van der Waals surface area contributed by atoms with Crippen LogP contribution in [0.1, 0.15) is 25.7 Å². The predicted octanol–water partition coefficient (Wildman–Crippen LogP) is 4.43. The zero-order valence-corrected chi connectivity index (χ0v) is 15.3. The Kier molecular flexibility index (Phi) is 4.33. The van der Waals surface area contributed by atoms with Gasteiger partial charge in [0.1, 0.15) is 5.75 Å². The number of halogens is 3. The van der Waals surface area contributed by atoms with Crippen LogP contribution in [-0.4, -0.2) is 20.6 Å². The Balaban J connectivity index is 1.50. The summed E-state index contributed by atoms with van der Waals surface area (Å²) in [7, 11) is -4.00. The zero-order chi connectivity index (χ0) is 20.0. The van der Waals surface area contributed by atoms with Crippen LogP contribution in [0.3, 0.4) is 0 Å². The Labute approximate surface area is 159 Å². The van der Waals surface area contributed by atoms with Crippen molar-refractivity contribution in [1.29, 1.82) is 0 Å². The van der Waals surface area contributed by atoms with Gasteiger partial charge in [-0.2, -0.15) is 0 Å². The minimum absolute atomic E-state index is 0.202. The number of nitrogens with one attached hydrogen (secondary N) is 1. The summed E-state index contributed by atoms with van der Waals surface area (Å²) in [5, 5.41) is 0. The normalized spacial score (nSPS) is 17.7. The second-order valence-electron chi connectivity index (χ2n) is 6.61. The Hall–Kier alpha value is -2.62. The van der Waals surface area contributed by atoms with Crippen molar-refractivity contribution in [1.82, 2.24) is 0 Å². The first-order valence-electron chi connectivity index (χ1n) is 8.55. The van der Waals surface area contributed by atoms with E-state index in [9.17, 15) is 21.6 Å². The van der Waals surface area contributed by atoms with Crippen molar-refractivity contribution in [3.63, 3.8) is 0 Å². The number of sulfonamides is 1. The van der Waals surface area contributed by atoms with Crippen molar-refractivity contribution in [3.8, 4) is 17.2 Å². The third-order valence-electron chi connectivity index (χ3n) is 4.52. The van der Waals surface area contributed by atoms with Crippen LogP contribution in [0, 0.1) is 0 Å². The summed E-state index contributed by atoms with van der Waals surface area (Å²) in [5.41, 5.74) is 0.257. The number of rotatable bonds is 4. The maximum Gasteiger partial charge on any atom is 0.573 e. The molecule has 0 amide bonds. The van der Waals surface area contributed by atoms with Crippen LogP contribution in [0.5, 0.6) is 17.2 Å². The van der Waals surface area contributed by atoms with Gasteiger partial charge in [0.05, 0.1) is 10.6 Å². The van der Waals surface area contributed by atoms with Crippen LogP contribution in [0.4, 0.5) is 18.9 Å². The van der Waals surface area contributed by atoms with Gasteiger partial charge in [0.15, 0.2) is 11.5 Å². The number of anilines is 1. The summed E-state index contributed by atoms with van der Waals surface area (Å²) in [6.07, 6.45) is -1.30. The lowest BCUT2D eigenvalue weighted by Crippen LogP contribution is -2.34. The molecule has 2 aliphatic rings.